The lowest BCUT2D eigenvalue weighted by molar-refractivity contribution is 0.107. The first-order valence-corrected chi connectivity index (χ1v) is 11.3. The van der Waals surface area contributed by atoms with Gasteiger partial charge in [-0.25, -0.2) is 14.4 Å². The molecule has 4 heterocycles. The Morgan fingerprint density at radius 3 is 2.71 bits per heavy atom. The molecule has 2 fully saturated rings. The van der Waals surface area contributed by atoms with Crippen LogP contribution in [-0.4, -0.2) is 63.7 Å². The molecule has 2 aromatic heterocycles. The third kappa shape index (κ3) is 4.13. The summed E-state index contributed by atoms with van der Waals surface area (Å²) in [6.45, 7) is 0. The number of fused-ring (bicyclic) bond motifs is 2. The molecule has 3 aromatic rings. The molecule has 0 saturated carbocycles. The summed E-state index contributed by atoms with van der Waals surface area (Å²) < 4.78 is 33.6. The van der Waals surface area contributed by atoms with Gasteiger partial charge in [0.25, 0.3) is 5.95 Å². The van der Waals surface area contributed by atoms with Gasteiger partial charge in [0.05, 0.1) is 24.9 Å². The van der Waals surface area contributed by atoms with Crippen LogP contribution in [0, 0.1) is 5.95 Å². The molecule has 4 atom stereocenters. The Hall–Kier alpha value is -3.40. The number of phenols is 1. The van der Waals surface area contributed by atoms with Gasteiger partial charge in [-0.1, -0.05) is 12.5 Å². The summed E-state index contributed by atoms with van der Waals surface area (Å²) in [5.74, 6) is -0.0183. The van der Waals surface area contributed by atoms with Crippen molar-refractivity contribution in [2.75, 3.05) is 19.1 Å². The highest BCUT2D eigenvalue weighted by Crippen LogP contribution is 2.34. The first kappa shape index (κ1) is 22.4. The van der Waals surface area contributed by atoms with Crippen molar-refractivity contribution in [2.24, 2.45) is 0 Å². The van der Waals surface area contributed by atoms with E-state index in [1.54, 1.807) is 18.3 Å². The van der Waals surface area contributed by atoms with Gasteiger partial charge in [0.2, 0.25) is 0 Å². The van der Waals surface area contributed by atoms with Gasteiger partial charge in [-0.2, -0.15) is 4.39 Å². The van der Waals surface area contributed by atoms with Crippen LogP contribution < -0.4 is 15.0 Å². The van der Waals surface area contributed by atoms with Gasteiger partial charge >= 0.3 is 0 Å². The largest absolute Gasteiger partial charge is 0.507 e. The average molecular weight is 469 g/mol. The molecule has 0 amide bonds. The summed E-state index contributed by atoms with van der Waals surface area (Å²) in [4.78, 5) is 9.87. The van der Waals surface area contributed by atoms with Gasteiger partial charge in [-0.15, -0.1) is 10.2 Å². The van der Waals surface area contributed by atoms with Crippen LogP contribution in [0.15, 0.2) is 36.7 Å². The Balaban J connectivity index is 1.35. The maximum Gasteiger partial charge on any atom is 0.255 e. The number of ether oxygens (including phenoxy) is 1. The number of pyridine rings is 1. The van der Waals surface area contributed by atoms with Gasteiger partial charge in [0.15, 0.2) is 17.4 Å². The van der Waals surface area contributed by atoms with E-state index in [4.69, 9.17) is 4.74 Å². The van der Waals surface area contributed by atoms with Crippen molar-refractivity contribution in [1.82, 2.24) is 25.5 Å². The molecule has 0 unspecified atom stereocenters. The van der Waals surface area contributed by atoms with Crippen LogP contribution in [0.4, 0.5) is 14.6 Å². The van der Waals surface area contributed by atoms with Crippen LogP contribution >= 0.6 is 0 Å². The number of aromatic hydroxyl groups is 1. The summed E-state index contributed by atoms with van der Waals surface area (Å²) in [5, 5.41) is 22.4. The van der Waals surface area contributed by atoms with E-state index in [0.717, 1.165) is 19.3 Å². The lowest BCUT2D eigenvalue weighted by Crippen LogP contribution is -2.61. The smallest absolute Gasteiger partial charge is 0.255 e. The summed E-state index contributed by atoms with van der Waals surface area (Å²) >= 11 is 0. The second-order valence-corrected chi connectivity index (χ2v) is 8.85. The van der Waals surface area contributed by atoms with E-state index in [9.17, 15) is 9.50 Å². The molecule has 2 bridgehead atoms. The zero-order valence-corrected chi connectivity index (χ0v) is 18.9. The van der Waals surface area contributed by atoms with Crippen molar-refractivity contribution in [3.63, 3.8) is 0 Å². The number of piperidine rings is 2. The zero-order valence-electron chi connectivity index (χ0n) is 18.9. The molecule has 0 radical (unpaired) electrons. The fraction of sp³-hybridized carbons (Fsp3) is 0.417. The van der Waals surface area contributed by atoms with E-state index in [2.05, 4.69) is 25.5 Å². The van der Waals surface area contributed by atoms with Gasteiger partial charge < -0.3 is 20.1 Å². The lowest BCUT2D eigenvalue weighted by Gasteiger charge is -2.45. The number of alkyl halides is 1. The van der Waals surface area contributed by atoms with Crippen LogP contribution in [0.1, 0.15) is 25.7 Å². The lowest BCUT2D eigenvalue weighted by atomic mass is 9.82. The maximum atomic E-state index is 15.1. The Morgan fingerprint density at radius 2 is 1.97 bits per heavy atom. The number of hydrogen-bond acceptors (Lipinski definition) is 8. The van der Waals surface area contributed by atoms with E-state index in [0.29, 0.717) is 35.0 Å². The van der Waals surface area contributed by atoms with Crippen LogP contribution in [-0.2, 0) is 0 Å². The summed E-state index contributed by atoms with van der Waals surface area (Å²) in [6.07, 6.45) is 5.61. The number of hydrogen-bond donors (Lipinski definition) is 2. The van der Waals surface area contributed by atoms with Gasteiger partial charge in [-0.05, 0) is 43.0 Å². The summed E-state index contributed by atoms with van der Waals surface area (Å²) in [7, 11) is 3.18. The molecule has 0 spiro atoms. The average Bonchev–Trinajstić information content (AvgIpc) is 2.86. The molecule has 2 aliphatic rings. The molecule has 34 heavy (non-hydrogen) atoms. The van der Waals surface area contributed by atoms with Crippen LogP contribution in [0.5, 0.6) is 11.5 Å². The highest BCUT2D eigenvalue weighted by molar-refractivity contribution is 5.73. The van der Waals surface area contributed by atoms with Crippen molar-refractivity contribution in [2.45, 2.75) is 50.0 Å². The number of phenolic OH excluding ortho intramolecular Hbond substituents is 1. The Kier molecular flexibility index (Phi) is 5.99. The minimum absolute atomic E-state index is 0.0150. The van der Waals surface area contributed by atoms with E-state index in [1.807, 2.05) is 11.9 Å². The predicted molar refractivity (Wildman–Crippen MR) is 123 cm³/mol. The minimum atomic E-state index is -0.987. The number of nitrogens with zero attached hydrogens (tertiary/aromatic N) is 5. The second-order valence-electron chi connectivity index (χ2n) is 8.85. The number of rotatable bonds is 5. The quantitative estimate of drug-likeness (QED) is 0.550. The SMILES string of the molecule is COc1cc(-c2ccc(-c3ncc(N(C)[C@@H]4C[C@H]5CCC[C@@H](N5)[C@@H]4F)nn3)c(O)c2)cnc1F. The minimum Gasteiger partial charge on any atom is -0.507 e. The third-order valence-electron chi connectivity index (χ3n) is 6.80. The second kappa shape index (κ2) is 9.09. The molecule has 1 aromatic carbocycles. The molecular formula is C24H26F2N6O2. The van der Waals surface area contributed by atoms with Crippen LogP contribution in [0.2, 0.25) is 0 Å². The van der Waals surface area contributed by atoms with Crippen molar-refractivity contribution in [1.29, 1.82) is 0 Å². The Labute approximate surface area is 196 Å². The molecule has 2 aliphatic heterocycles. The highest BCUT2D eigenvalue weighted by Gasteiger charge is 2.42. The van der Waals surface area contributed by atoms with Crippen molar-refractivity contribution < 1.29 is 18.6 Å². The fourth-order valence-electron chi connectivity index (χ4n) is 4.91. The fourth-order valence-corrected chi connectivity index (χ4v) is 4.91. The number of anilines is 1. The van der Waals surface area contributed by atoms with Crippen molar-refractivity contribution in [3.05, 3.63) is 42.6 Å². The molecule has 178 valence electrons. The number of halogens is 2. The summed E-state index contributed by atoms with van der Waals surface area (Å²) in [5.41, 5.74) is 1.61. The van der Waals surface area contributed by atoms with E-state index in [-0.39, 0.29) is 29.4 Å². The molecule has 8 nitrogen and oxygen atoms in total. The molecular weight excluding hydrogens is 442 g/mol. The Bertz CT molecular complexity index is 1180. The summed E-state index contributed by atoms with van der Waals surface area (Å²) in [6, 6.07) is 6.35. The number of nitrogens with one attached hydrogen (secondary N) is 1. The van der Waals surface area contributed by atoms with Gasteiger partial charge in [0, 0.05) is 30.9 Å². The van der Waals surface area contributed by atoms with E-state index in [1.165, 1.54) is 25.4 Å². The number of methoxy groups -OCH3 is 1. The highest BCUT2D eigenvalue weighted by atomic mass is 19.1. The normalized spacial score (nSPS) is 24.0. The molecule has 5 rings (SSSR count). The zero-order chi connectivity index (χ0) is 23.8. The number of benzene rings is 1. The molecule has 10 heteroatoms. The van der Waals surface area contributed by atoms with E-state index < -0.39 is 12.1 Å². The van der Waals surface area contributed by atoms with E-state index >= 15 is 4.39 Å². The topological polar surface area (TPSA) is 96.3 Å². The maximum absolute atomic E-state index is 15.1. The predicted octanol–water partition coefficient (Wildman–Crippen LogP) is 3.51. The van der Waals surface area contributed by atoms with Crippen molar-refractivity contribution >= 4 is 5.82 Å². The third-order valence-corrected chi connectivity index (χ3v) is 6.80. The monoisotopic (exact) mass is 468 g/mol. The van der Waals surface area contributed by atoms with Crippen molar-refractivity contribution in [3.8, 4) is 34.0 Å². The molecule has 2 N–H and O–H groups in total. The number of aromatic nitrogens is 4. The standard InChI is InChI=1S/C24H26F2N6O2/c1-32(18-10-15-4-3-5-17(29-15)22(18)25)21-12-28-24(31-30-21)16-7-6-13(8-19(16)33)14-9-20(34-2)23(26)27-11-14/h6-9,11-12,15,17-18,22,29,33H,3-5,10H2,1-2H3/t15-,17-,18-,22+/m1/s1. The van der Waals surface area contributed by atoms with Gasteiger partial charge in [0.1, 0.15) is 11.9 Å². The van der Waals surface area contributed by atoms with Crippen LogP contribution in [0.25, 0.3) is 22.5 Å². The van der Waals surface area contributed by atoms with Gasteiger partial charge in [-0.3, -0.25) is 0 Å². The first-order valence-electron chi connectivity index (χ1n) is 11.3. The Morgan fingerprint density at radius 1 is 1.12 bits per heavy atom. The molecule has 0 aliphatic carbocycles. The van der Waals surface area contributed by atoms with Crippen LogP contribution in [0.3, 0.4) is 0 Å². The first-order chi connectivity index (χ1) is 16.4. The molecule has 2 saturated heterocycles.